The number of ether oxygens (including phenoxy) is 1. The molecule has 0 amide bonds. The smallest absolute Gasteiger partial charge is 0.339 e. The van der Waals surface area contributed by atoms with Crippen LogP contribution in [-0.2, 0) is 6.61 Å². The summed E-state index contributed by atoms with van der Waals surface area (Å²) in [6, 6.07) is 14.1. The molecular weight excluding hydrogens is 254 g/mol. The third kappa shape index (κ3) is 2.96. The van der Waals surface area contributed by atoms with Crippen molar-refractivity contribution in [2.75, 3.05) is 0 Å². The molecule has 4 heteroatoms. The molecule has 0 saturated heterocycles. The van der Waals surface area contributed by atoms with Gasteiger partial charge >= 0.3 is 5.97 Å². The number of hydrogen-bond donors (Lipinski definition) is 1. The Hall–Kier alpha value is -2.80. The molecule has 100 valence electrons. The highest BCUT2D eigenvalue weighted by atomic mass is 16.5. The Balaban J connectivity index is 2.24. The highest BCUT2D eigenvalue weighted by Crippen LogP contribution is 2.22. The summed E-state index contributed by atoms with van der Waals surface area (Å²) in [5.41, 5.74) is 2.23. The number of hydrogen-bond acceptors (Lipinski definition) is 3. The number of carboxylic acids is 1. The lowest BCUT2D eigenvalue weighted by molar-refractivity contribution is 0.0691. The molecular formula is C16H13NO3. The second kappa shape index (κ2) is 5.89. The van der Waals surface area contributed by atoms with E-state index in [9.17, 15) is 4.79 Å². The van der Waals surface area contributed by atoms with Gasteiger partial charge in [0.15, 0.2) is 0 Å². The highest BCUT2D eigenvalue weighted by molar-refractivity contribution is 5.91. The number of aryl methyl sites for hydroxylation is 1. The fraction of sp³-hybridized carbons (Fsp3) is 0.125. The Kier molecular flexibility index (Phi) is 4.02. The zero-order valence-electron chi connectivity index (χ0n) is 11.0. The van der Waals surface area contributed by atoms with Crippen LogP contribution >= 0.6 is 0 Å². The molecule has 1 N–H and O–H groups in total. The predicted octanol–water partition coefficient (Wildman–Crippen LogP) is 3.14. The number of benzene rings is 2. The van der Waals surface area contributed by atoms with Crippen LogP contribution in [0.3, 0.4) is 0 Å². The largest absolute Gasteiger partial charge is 0.488 e. The third-order valence-electron chi connectivity index (χ3n) is 2.89. The Morgan fingerprint density at radius 3 is 2.75 bits per heavy atom. The minimum absolute atomic E-state index is 0.124. The Labute approximate surface area is 116 Å². The fourth-order valence-electron chi connectivity index (χ4n) is 1.85. The molecule has 2 aromatic rings. The molecule has 20 heavy (non-hydrogen) atoms. The quantitative estimate of drug-likeness (QED) is 0.923. The molecule has 0 atom stereocenters. The van der Waals surface area contributed by atoms with Gasteiger partial charge in [-0.25, -0.2) is 4.79 Å². The number of rotatable bonds is 4. The lowest BCUT2D eigenvalue weighted by Crippen LogP contribution is -2.04. The molecule has 0 spiro atoms. The molecule has 0 radical (unpaired) electrons. The van der Waals surface area contributed by atoms with Gasteiger partial charge in [0.1, 0.15) is 17.9 Å². The molecule has 0 bridgehead atoms. The maximum Gasteiger partial charge on any atom is 0.339 e. The van der Waals surface area contributed by atoms with Crippen LogP contribution in [0.1, 0.15) is 27.0 Å². The van der Waals surface area contributed by atoms with Crippen molar-refractivity contribution < 1.29 is 14.6 Å². The minimum atomic E-state index is -1.03. The van der Waals surface area contributed by atoms with Crippen molar-refractivity contribution in [1.29, 1.82) is 5.26 Å². The van der Waals surface area contributed by atoms with Crippen molar-refractivity contribution in [3.63, 3.8) is 0 Å². The molecule has 0 aliphatic heterocycles. The van der Waals surface area contributed by atoms with Crippen LogP contribution in [0.15, 0.2) is 42.5 Å². The van der Waals surface area contributed by atoms with Gasteiger partial charge in [0.25, 0.3) is 0 Å². The average molecular weight is 267 g/mol. The third-order valence-corrected chi connectivity index (χ3v) is 2.89. The molecule has 2 aromatic carbocycles. The van der Waals surface area contributed by atoms with Gasteiger partial charge in [-0.3, -0.25) is 0 Å². The lowest BCUT2D eigenvalue weighted by Gasteiger charge is -2.10. The number of carbonyl (C=O) groups is 1. The van der Waals surface area contributed by atoms with Crippen LogP contribution < -0.4 is 4.74 Å². The summed E-state index contributed by atoms with van der Waals surface area (Å²) in [5, 5.41) is 18.2. The summed E-state index contributed by atoms with van der Waals surface area (Å²) in [5.74, 6) is -0.729. The monoisotopic (exact) mass is 267 g/mol. The fourth-order valence-corrected chi connectivity index (χ4v) is 1.85. The first-order chi connectivity index (χ1) is 9.61. The van der Waals surface area contributed by atoms with Crippen molar-refractivity contribution >= 4 is 5.97 Å². The van der Waals surface area contributed by atoms with Crippen LogP contribution in [0.25, 0.3) is 0 Å². The van der Waals surface area contributed by atoms with E-state index < -0.39 is 5.97 Å². The topological polar surface area (TPSA) is 70.3 Å². The molecule has 0 unspecified atom stereocenters. The van der Waals surface area contributed by atoms with Crippen molar-refractivity contribution in [3.05, 3.63) is 64.7 Å². The molecule has 2 rings (SSSR count). The minimum Gasteiger partial charge on any atom is -0.488 e. The van der Waals surface area contributed by atoms with E-state index in [0.717, 1.165) is 11.1 Å². The zero-order valence-corrected chi connectivity index (χ0v) is 11.0. The average Bonchev–Trinajstić information content (AvgIpc) is 2.46. The van der Waals surface area contributed by atoms with Gasteiger partial charge in [-0.05, 0) is 25.1 Å². The first-order valence-electron chi connectivity index (χ1n) is 6.06. The normalized spacial score (nSPS) is 9.80. The maximum absolute atomic E-state index is 11.2. The van der Waals surface area contributed by atoms with Crippen LogP contribution in [-0.4, -0.2) is 11.1 Å². The first kappa shape index (κ1) is 13.6. The van der Waals surface area contributed by atoms with E-state index in [1.807, 2.05) is 13.0 Å². The Morgan fingerprint density at radius 2 is 2.05 bits per heavy atom. The SMILES string of the molecule is Cc1ccc(OCc2ccccc2C#N)c(C(=O)O)c1. The molecule has 0 aliphatic rings. The summed E-state index contributed by atoms with van der Waals surface area (Å²) in [4.78, 5) is 11.2. The van der Waals surface area contributed by atoms with Gasteiger partial charge in [0.05, 0.1) is 11.6 Å². The Bertz CT molecular complexity index is 686. The molecule has 0 fully saturated rings. The lowest BCUT2D eigenvalue weighted by atomic mass is 10.1. The summed E-state index contributed by atoms with van der Waals surface area (Å²) < 4.78 is 5.55. The summed E-state index contributed by atoms with van der Waals surface area (Å²) in [6.07, 6.45) is 0. The van der Waals surface area contributed by atoms with E-state index in [0.29, 0.717) is 11.3 Å². The summed E-state index contributed by atoms with van der Waals surface area (Å²) in [6.45, 7) is 1.98. The van der Waals surface area contributed by atoms with Gasteiger partial charge in [0, 0.05) is 5.56 Å². The van der Waals surface area contributed by atoms with Crippen LogP contribution in [0.5, 0.6) is 5.75 Å². The maximum atomic E-state index is 11.2. The molecule has 0 heterocycles. The van der Waals surface area contributed by atoms with E-state index in [-0.39, 0.29) is 12.2 Å². The predicted molar refractivity (Wildman–Crippen MR) is 73.6 cm³/mol. The van der Waals surface area contributed by atoms with Crippen molar-refractivity contribution in [3.8, 4) is 11.8 Å². The number of aromatic carboxylic acids is 1. The van der Waals surface area contributed by atoms with E-state index in [2.05, 4.69) is 6.07 Å². The Morgan fingerprint density at radius 1 is 1.30 bits per heavy atom. The number of nitrogens with zero attached hydrogens (tertiary/aromatic N) is 1. The van der Waals surface area contributed by atoms with Gasteiger partial charge in [0.2, 0.25) is 0 Å². The molecule has 0 aromatic heterocycles. The van der Waals surface area contributed by atoms with E-state index >= 15 is 0 Å². The van der Waals surface area contributed by atoms with Crippen LogP contribution in [0.2, 0.25) is 0 Å². The van der Waals surface area contributed by atoms with Crippen LogP contribution in [0.4, 0.5) is 0 Å². The molecule has 0 aliphatic carbocycles. The second-order valence-corrected chi connectivity index (χ2v) is 4.36. The summed E-state index contributed by atoms with van der Waals surface area (Å²) >= 11 is 0. The van der Waals surface area contributed by atoms with Gasteiger partial charge < -0.3 is 9.84 Å². The van der Waals surface area contributed by atoms with Crippen molar-refractivity contribution in [1.82, 2.24) is 0 Å². The van der Waals surface area contributed by atoms with E-state index in [1.54, 1.807) is 36.4 Å². The molecule has 0 saturated carbocycles. The van der Waals surface area contributed by atoms with Gasteiger partial charge in [-0.1, -0.05) is 29.8 Å². The standard InChI is InChI=1S/C16H13NO3/c1-11-6-7-15(14(8-11)16(18)19)20-10-13-5-3-2-4-12(13)9-17/h2-8H,10H2,1H3,(H,18,19). The first-order valence-corrected chi connectivity index (χ1v) is 6.06. The van der Waals surface area contributed by atoms with Gasteiger partial charge in [-0.2, -0.15) is 5.26 Å². The number of carboxylic acid groups (broad SMARTS) is 1. The van der Waals surface area contributed by atoms with Gasteiger partial charge in [-0.15, -0.1) is 0 Å². The van der Waals surface area contributed by atoms with Crippen molar-refractivity contribution in [2.24, 2.45) is 0 Å². The zero-order chi connectivity index (χ0) is 14.5. The summed E-state index contributed by atoms with van der Waals surface area (Å²) in [7, 11) is 0. The van der Waals surface area contributed by atoms with E-state index in [4.69, 9.17) is 15.1 Å². The van der Waals surface area contributed by atoms with Crippen molar-refractivity contribution in [2.45, 2.75) is 13.5 Å². The van der Waals surface area contributed by atoms with Crippen LogP contribution in [0, 0.1) is 18.3 Å². The second-order valence-electron chi connectivity index (χ2n) is 4.36. The highest BCUT2D eigenvalue weighted by Gasteiger charge is 2.12. The number of nitriles is 1. The van der Waals surface area contributed by atoms with E-state index in [1.165, 1.54) is 0 Å². The molecule has 4 nitrogen and oxygen atoms in total.